The summed E-state index contributed by atoms with van der Waals surface area (Å²) in [7, 11) is 0. The standard InChI is InChI=1S/C5H7NO3.K/c7-4-2-1-3(6-4)5(8)9;/h3H,1-2H2,(H,6,7)(H,8,9);/q;+1/p-1/t3-;/m0./s1. The van der Waals surface area contributed by atoms with Crippen LogP contribution in [0, 0.1) is 0 Å². The second kappa shape index (κ2) is 4.45. The van der Waals surface area contributed by atoms with Crippen molar-refractivity contribution in [3.05, 3.63) is 0 Å². The third-order valence-corrected chi connectivity index (χ3v) is 1.28. The van der Waals surface area contributed by atoms with Crippen molar-refractivity contribution in [3.63, 3.8) is 0 Å². The smallest absolute Gasteiger partial charge is 0.548 e. The van der Waals surface area contributed by atoms with Gasteiger partial charge in [0.05, 0.1) is 12.0 Å². The van der Waals surface area contributed by atoms with E-state index in [0.717, 1.165) is 0 Å². The van der Waals surface area contributed by atoms with Gasteiger partial charge in [-0.2, -0.15) is 0 Å². The van der Waals surface area contributed by atoms with Gasteiger partial charge in [-0.1, -0.05) is 0 Å². The SMILES string of the molecule is O=C1CC[C@@H](C(=O)[O-])N1.[K+]. The van der Waals surface area contributed by atoms with E-state index < -0.39 is 12.0 Å². The Bertz CT molecular complexity index is 159. The second-order valence-corrected chi connectivity index (χ2v) is 1.98. The van der Waals surface area contributed by atoms with E-state index in [-0.39, 0.29) is 57.3 Å². The maximum Gasteiger partial charge on any atom is 1.00 e. The average Bonchev–Trinajstić information content (AvgIpc) is 2.14. The van der Waals surface area contributed by atoms with E-state index >= 15 is 0 Å². The minimum absolute atomic E-state index is 0. The third-order valence-electron chi connectivity index (χ3n) is 1.28. The predicted octanol–water partition coefficient (Wildman–Crippen LogP) is -4.98. The first-order valence-corrected chi connectivity index (χ1v) is 2.70. The van der Waals surface area contributed by atoms with Crippen LogP contribution in [0.2, 0.25) is 0 Å². The number of aliphatic carboxylic acids is 1. The van der Waals surface area contributed by atoms with E-state index in [1.807, 2.05) is 0 Å². The molecule has 1 saturated heterocycles. The van der Waals surface area contributed by atoms with Crippen LogP contribution in [-0.2, 0) is 9.59 Å². The van der Waals surface area contributed by atoms with E-state index in [0.29, 0.717) is 12.8 Å². The molecule has 1 fully saturated rings. The Labute approximate surface area is 101 Å². The van der Waals surface area contributed by atoms with Gasteiger partial charge in [0.2, 0.25) is 5.91 Å². The molecule has 0 bridgehead atoms. The van der Waals surface area contributed by atoms with Crippen molar-refractivity contribution < 1.29 is 66.1 Å². The predicted molar refractivity (Wildman–Crippen MR) is 26.2 cm³/mol. The molecular weight excluding hydrogens is 161 g/mol. The molecule has 0 aromatic rings. The van der Waals surface area contributed by atoms with Gasteiger partial charge in [-0.3, -0.25) is 4.79 Å². The van der Waals surface area contributed by atoms with E-state index in [1.54, 1.807) is 0 Å². The largest absolute Gasteiger partial charge is 1.00 e. The quantitative estimate of drug-likeness (QED) is 0.398. The molecule has 0 saturated carbocycles. The van der Waals surface area contributed by atoms with Crippen LogP contribution in [0.15, 0.2) is 0 Å². The van der Waals surface area contributed by atoms with E-state index in [1.165, 1.54) is 0 Å². The molecule has 0 aromatic heterocycles. The van der Waals surface area contributed by atoms with E-state index in [2.05, 4.69) is 5.32 Å². The zero-order valence-corrected chi connectivity index (χ0v) is 8.84. The molecule has 0 aromatic carbocycles. The number of hydrogen-bond donors (Lipinski definition) is 1. The van der Waals surface area contributed by atoms with Crippen molar-refractivity contribution in [3.8, 4) is 0 Å². The number of hydrogen-bond acceptors (Lipinski definition) is 3. The minimum atomic E-state index is -1.19. The summed E-state index contributed by atoms with van der Waals surface area (Å²) in [5, 5.41) is 12.3. The molecule has 1 aliphatic rings. The number of nitrogens with one attached hydrogen (secondary N) is 1. The van der Waals surface area contributed by atoms with Crippen molar-refractivity contribution in [2.24, 2.45) is 0 Å². The molecular formula is C5H6KNO3. The van der Waals surface area contributed by atoms with Crippen molar-refractivity contribution in [2.75, 3.05) is 0 Å². The molecule has 10 heavy (non-hydrogen) atoms. The zero-order chi connectivity index (χ0) is 6.85. The molecule has 1 rings (SSSR count). The van der Waals surface area contributed by atoms with Crippen molar-refractivity contribution in [1.82, 2.24) is 5.32 Å². The average molecular weight is 167 g/mol. The maximum absolute atomic E-state index is 10.4. The van der Waals surface area contributed by atoms with Gasteiger partial charge in [-0.05, 0) is 6.42 Å². The van der Waals surface area contributed by atoms with Crippen molar-refractivity contribution >= 4 is 11.9 Å². The summed E-state index contributed by atoms with van der Waals surface area (Å²) in [4.78, 5) is 20.4. The molecule has 5 heteroatoms. The molecule has 1 aliphatic heterocycles. The van der Waals surface area contributed by atoms with Gasteiger partial charge < -0.3 is 15.2 Å². The Morgan fingerprint density at radius 2 is 2.30 bits per heavy atom. The minimum Gasteiger partial charge on any atom is -0.548 e. The number of carboxylic acid groups (broad SMARTS) is 1. The molecule has 1 amide bonds. The van der Waals surface area contributed by atoms with Crippen LogP contribution >= 0.6 is 0 Å². The Morgan fingerprint density at radius 1 is 1.70 bits per heavy atom. The second-order valence-electron chi connectivity index (χ2n) is 1.98. The number of rotatable bonds is 1. The summed E-state index contributed by atoms with van der Waals surface area (Å²) < 4.78 is 0. The van der Waals surface area contributed by atoms with Crippen LogP contribution in [0.3, 0.4) is 0 Å². The third kappa shape index (κ3) is 2.67. The molecule has 4 nitrogen and oxygen atoms in total. The molecule has 1 atom stereocenters. The van der Waals surface area contributed by atoms with E-state index in [4.69, 9.17) is 0 Å². The van der Waals surface area contributed by atoms with Gasteiger partial charge in [0.15, 0.2) is 0 Å². The number of carbonyl (C=O) groups excluding carboxylic acids is 2. The fourth-order valence-electron chi connectivity index (χ4n) is 0.791. The fourth-order valence-corrected chi connectivity index (χ4v) is 0.791. The molecule has 50 valence electrons. The van der Waals surface area contributed by atoms with Crippen LogP contribution in [0.1, 0.15) is 12.8 Å². The molecule has 1 heterocycles. The van der Waals surface area contributed by atoms with Crippen LogP contribution in [-0.4, -0.2) is 17.9 Å². The number of amides is 1. The fraction of sp³-hybridized carbons (Fsp3) is 0.600. The van der Waals surface area contributed by atoms with Crippen LogP contribution in [0.25, 0.3) is 0 Å². The topological polar surface area (TPSA) is 69.2 Å². The normalized spacial score (nSPS) is 23.2. The Balaban J connectivity index is 0.000000810. The van der Waals surface area contributed by atoms with Gasteiger partial charge in [-0.15, -0.1) is 0 Å². The van der Waals surface area contributed by atoms with Gasteiger partial charge in [-0.25, -0.2) is 0 Å². The van der Waals surface area contributed by atoms with E-state index in [9.17, 15) is 14.7 Å². The molecule has 0 unspecified atom stereocenters. The summed E-state index contributed by atoms with van der Waals surface area (Å²) in [6.07, 6.45) is 0.666. The summed E-state index contributed by atoms with van der Waals surface area (Å²) in [6.45, 7) is 0. The van der Waals surface area contributed by atoms with Crippen LogP contribution < -0.4 is 61.8 Å². The van der Waals surface area contributed by atoms with Crippen molar-refractivity contribution in [1.29, 1.82) is 0 Å². The maximum atomic E-state index is 10.4. The van der Waals surface area contributed by atoms with Gasteiger partial charge in [0.1, 0.15) is 0 Å². The first-order chi connectivity index (χ1) is 4.20. The Morgan fingerprint density at radius 3 is 2.50 bits per heavy atom. The molecule has 0 spiro atoms. The number of carboxylic acids is 1. The summed E-state index contributed by atoms with van der Waals surface area (Å²) in [5.41, 5.74) is 0. The first kappa shape index (κ1) is 10.6. The molecule has 0 radical (unpaired) electrons. The monoisotopic (exact) mass is 167 g/mol. The Kier molecular flexibility index (Phi) is 4.71. The summed E-state index contributed by atoms with van der Waals surface area (Å²) in [5.74, 6) is -1.40. The van der Waals surface area contributed by atoms with Crippen molar-refractivity contribution in [2.45, 2.75) is 18.9 Å². The number of carbonyl (C=O) groups is 2. The summed E-state index contributed by atoms with van der Waals surface area (Å²) >= 11 is 0. The first-order valence-electron chi connectivity index (χ1n) is 2.70. The molecule has 0 aliphatic carbocycles. The van der Waals surface area contributed by atoms with Gasteiger partial charge >= 0.3 is 51.4 Å². The van der Waals surface area contributed by atoms with Crippen LogP contribution in [0.5, 0.6) is 0 Å². The van der Waals surface area contributed by atoms with Gasteiger partial charge in [0, 0.05) is 6.42 Å². The summed E-state index contributed by atoms with van der Waals surface area (Å²) in [6, 6.07) is -0.752. The van der Waals surface area contributed by atoms with Gasteiger partial charge in [0.25, 0.3) is 0 Å². The Hall–Kier alpha value is 0.576. The van der Waals surface area contributed by atoms with Crippen LogP contribution in [0.4, 0.5) is 0 Å². The molecule has 1 N–H and O–H groups in total. The zero-order valence-electron chi connectivity index (χ0n) is 5.72.